The average Bonchev–Trinajstić information content (AvgIpc) is 2.80. The molecule has 8 heteroatoms. The Morgan fingerprint density at radius 3 is 2.77 bits per heavy atom. The number of fused-ring (bicyclic) bond motifs is 1. The molecule has 0 aliphatic carbocycles. The molecule has 2 aromatic rings. The van der Waals surface area contributed by atoms with E-state index in [1.54, 1.807) is 18.2 Å². The lowest BCUT2D eigenvalue weighted by molar-refractivity contribution is 0.0934. The van der Waals surface area contributed by atoms with Crippen molar-refractivity contribution >= 4 is 38.4 Å². The number of halogens is 1. The standard InChI is InChI=1S/C14H18ClN3O3S/c1-9(5-6-16-22(2,20)21)17-14(19)13-8-10-7-11(15)3-4-12(10)18-13/h3-4,7-9,16,18H,5-6H2,1-2H3,(H,17,19). The molecule has 3 N–H and O–H groups in total. The molecule has 0 spiro atoms. The van der Waals surface area contributed by atoms with Gasteiger partial charge in [-0.2, -0.15) is 0 Å². The van der Waals surface area contributed by atoms with Gasteiger partial charge in [-0.1, -0.05) is 11.6 Å². The Hall–Kier alpha value is -1.57. The van der Waals surface area contributed by atoms with E-state index in [1.165, 1.54) is 0 Å². The Balaban J connectivity index is 1.95. The van der Waals surface area contributed by atoms with Crippen molar-refractivity contribution in [2.45, 2.75) is 19.4 Å². The van der Waals surface area contributed by atoms with Crippen molar-refractivity contribution in [1.82, 2.24) is 15.0 Å². The summed E-state index contributed by atoms with van der Waals surface area (Å²) in [7, 11) is -3.20. The fraction of sp³-hybridized carbons (Fsp3) is 0.357. The molecule has 1 amide bonds. The van der Waals surface area contributed by atoms with Crippen LogP contribution < -0.4 is 10.0 Å². The predicted molar refractivity (Wildman–Crippen MR) is 87.7 cm³/mol. The summed E-state index contributed by atoms with van der Waals surface area (Å²) in [6, 6.07) is 6.92. The molecule has 1 unspecified atom stereocenters. The number of nitrogens with one attached hydrogen (secondary N) is 3. The summed E-state index contributed by atoms with van der Waals surface area (Å²) >= 11 is 5.92. The maximum Gasteiger partial charge on any atom is 0.267 e. The first kappa shape index (κ1) is 16.8. The molecule has 6 nitrogen and oxygen atoms in total. The van der Waals surface area contributed by atoms with Crippen LogP contribution in [0.5, 0.6) is 0 Å². The summed E-state index contributed by atoms with van der Waals surface area (Å²) in [6.07, 6.45) is 1.61. The number of rotatable bonds is 6. The van der Waals surface area contributed by atoms with Gasteiger partial charge in [0.15, 0.2) is 0 Å². The van der Waals surface area contributed by atoms with Crippen LogP contribution in [0.15, 0.2) is 24.3 Å². The molecule has 1 heterocycles. The summed E-state index contributed by atoms with van der Waals surface area (Å²) in [5.74, 6) is -0.237. The quantitative estimate of drug-likeness (QED) is 0.747. The summed E-state index contributed by atoms with van der Waals surface area (Å²) in [4.78, 5) is 15.2. The fourth-order valence-electron chi connectivity index (χ4n) is 2.06. The van der Waals surface area contributed by atoms with Crippen molar-refractivity contribution in [2.24, 2.45) is 0 Å². The van der Waals surface area contributed by atoms with Crippen molar-refractivity contribution in [1.29, 1.82) is 0 Å². The molecule has 0 aliphatic rings. The summed E-state index contributed by atoms with van der Waals surface area (Å²) in [5, 5.41) is 4.29. The lowest BCUT2D eigenvalue weighted by Gasteiger charge is -2.13. The fourth-order valence-corrected chi connectivity index (χ4v) is 2.73. The smallest absolute Gasteiger partial charge is 0.267 e. The minimum atomic E-state index is -3.20. The molecule has 0 radical (unpaired) electrons. The lowest BCUT2D eigenvalue weighted by Crippen LogP contribution is -2.36. The second kappa shape index (κ2) is 6.68. The van der Waals surface area contributed by atoms with Crippen molar-refractivity contribution < 1.29 is 13.2 Å². The largest absolute Gasteiger partial charge is 0.351 e. The highest BCUT2D eigenvalue weighted by molar-refractivity contribution is 7.88. The monoisotopic (exact) mass is 343 g/mol. The van der Waals surface area contributed by atoms with Gasteiger partial charge in [0.05, 0.1) is 6.26 Å². The Kier molecular flexibility index (Phi) is 5.10. The summed E-state index contributed by atoms with van der Waals surface area (Å²) in [6.45, 7) is 2.10. The molecule has 22 heavy (non-hydrogen) atoms. The van der Waals surface area contributed by atoms with Crippen LogP contribution in [-0.2, 0) is 10.0 Å². The zero-order valence-electron chi connectivity index (χ0n) is 12.3. The molecular formula is C14H18ClN3O3S. The van der Waals surface area contributed by atoms with E-state index in [2.05, 4.69) is 15.0 Å². The number of hydrogen-bond acceptors (Lipinski definition) is 3. The number of hydrogen-bond donors (Lipinski definition) is 3. The van der Waals surface area contributed by atoms with E-state index in [0.717, 1.165) is 17.2 Å². The third kappa shape index (κ3) is 4.72. The van der Waals surface area contributed by atoms with Crippen LogP contribution in [0.3, 0.4) is 0 Å². The van der Waals surface area contributed by atoms with Gasteiger partial charge in [0, 0.05) is 28.5 Å². The number of sulfonamides is 1. The highest BCUT2D eigenvalue weighted by atomic mass is 35.5. The Labute approximate surface area is 134 Å². The first-order valence-corrected chi connectivity index (χ1v) is 9.05. The predicted octanol–water partition coefficient (Wildman–Crippen LogP) is 1.88. The van der Waals surface area contributed by atoms with Gasteiger partial charge >= 0.3 is 0 Å². The van der Waals surface area contributed by atoms with Gasteiger partial charge in [-0.25, -0.2) is 13.1 Å². The van der Waals surface area contributed by atoms with Gasteiger partial charge in [0.2, 0.25) is 10.0 Å². The molecule has 2 rings (SSSR count). The lowest BCUT2D eigenvalue weighted by atomic mass is 10.2. The van der Waals surface area contributed by atoms with Crippen LogP contribution in [0.2, 0.25) is 5.02 Å². The second-order valence-corrected chi connectivity index (χ2v) is 7.51. The molecule has 1 atom stereocenters. The SMILES string of the molecule is CC(CCNS(C)(=O)=O)NC(=O)c1cc2cc(Cl)ccc2[nH]1. The molecule has 0 saturated carbocycles. The van der Waals surface area contributed by atoms with Crippen molar-refractivity contribution in [2.75, 3.05) is 12.8 Å². The Bertz CT molecular complexity index is 786. The summed E-state index contributed by atoms with van der Waals surface area (Å²) < 4.78 is 24.3. The second-order valence-electron chi connectivity index (χ2n) is 5.24. The van der Waals surface area contributed by atoms with E-state index < -0.39 is 10.0 Å². The van der Waals surface area contributed by atoms with Crippen molar-refractivity contribution in [3.63, 3.8) is 0 Å². The normalized spacial score (nSPS) is 13.2. The zero-order chi connectivity index (χ0) is 16.3. The van der Waals surface area contributed by atoms with E-state index in [-0.39, 0.29) is 18.5 Å². The maximum atomic E-state index is 12.2. The highest BCUT2D eigenvalue weighted by Crippen LogP contribution is 2.20. The number of carbonyl (C=O) groups is 1. The van der Waals surface area contributed by atoms with Crippen molar-refractivity contribution in [3.8, 4) is 0 Å². The van der Waals surface area contributed by atoms with Gasteiger partial charge < -0.3 is 10.3 Å². The molecular weight excluding hydrogens is 326 g/mol. The van der Waals surface area contributed by atoms with Crippen LogP contribution in [0.4, 0.5) is 0 Å². The molecule has 1 aromatic carbocycles. The Morgan fingerprint density at radius 1 is 1.36 bits per heavy atom. The van der Waals surface area contributed by atoms with Gasteiger partial charge in [0.25, 0.3) is 5.91 Å². The van der Waals surface area contributed by atoms with Crippen LogP contribution >= 0.6 is 11.6 Å². The number of aromatic amines is 1. The van der Waals surface area contributed by atoms with Gasteiger partial charge in [-0.05, 0) is 37.6 Å². The van der Waals surface area contributed by atoms with E-state index in [9.17, 15) is 13.2 Å². The van der Waals surface area contributed by atoms with Gasteiger partial charge in [0.1, 0.15) is 5.69 Å². The average molecular weight is 344 g/mol. The molecule has 120 valence electrons. The molecule has 1 aromatic heterocycles. The molecule has 0 bridgehead atoms. The first-order valence-electron chi connectivity index (χ1n) is 6.78. The number of aromatic nitrogens is 1. The number of carbonyl (C=O) groups excluding carboxylic acids is 1. The van der Waals surface area contributed by atoms with Gasteiger partial charge in [-0.3, -0.25) is 4.79 Å². The van der Waals surface area contributed by atoms with Crippen LogP contribution in [-0.4, -0.2) is 38.2 Å². The van der Waals surface area contributed by atoms with E-state index >= 15 is 0 Å². The molecule has 0 saturated heterocycles. The van der Waals surface area contributed by atoms with Gasteiger partial charge in [-0.15, -0.1) is 0 Å². The highest BCUT2D eigenvalue weighted by Gasteiger charge is 2.13. The number of amides is 1. The number of benzene rings is 1. The van der Waals surface area contributed by atoms with Crippen LogP contribution in [0.25, 0.3) is 10.9 Å². The number of H-pyrrole nitrogens is 1. The molecule has 0 fully saturated rings. The first-order chi connectivity index (χ1) is 10.2. The van der Waals surface area contributed by atoms with E-state index in [1.807, 2.05) is 13.0 Å². The maximum absolute atomic E-state index is 12.2. The van der Waals surface area contributed by atoms with E-state index in [0.29, 0.717) is 17.1 Å². The molecule has 0 aliphatic heterocycles. The summed E-state index contributed by atoms with van der Waals surface area (Å²) in [5.41, 5.74) is 1.28. The zero-order valence-corrected chi connectivity index (χ0v) is 13.9. The minimum Gasteiger partial charge on any atom is -0.351 e. The van der Waals surface area contributed by atoms with E-state index in [4.69, 9.17) is 11.6 Å². The third-order valence-corrected chi connectivity index (χ3v) is 4.11. The van der Waals surface area contributed by atoms with Crippen LogP contribution in [0, 0.1) is 0 Å². The van der Waals surface area contributed by atoms with Crippen molar-refractivity contribution in [3.05, 3.63) is 35.0 Å². The third-order valence-electron chi connectivity index (χ3n) is 3.15. The minimum absolute atomic E-state index is 0.156. The topological polar surface area (TPSA) is 91.1 Å². The van der Waals surface area contributed by atoms with Crippen LogP contribution in [0.1, 0.15) is 23.8 Å². The Morgan fingerprint density at radius 2 is 2.09 bits per heavy atom.